The van der Waals surface area contributed by atoms with Gasteiger partial charge >= 0.3 is 17.9 Å². The molecule has 0 aromatic rings. The highest BCUT2D eigenvalue weighted by Gasteiger charge is 2.32. The smallest absolute Gasteiger partial charge is 0.326 e. The van der Waals surface area contributed by atoms with E-state index in [1.165, 1.54) is 6.92 Å². The fraction of sp³-hybridized carbons (Fsp3) is 0.684. The summed E-state index contributed by atoms with van der Waals surface area (Å²) in [6.45, 7) is 4.75. The van der Waals surface area contributed by atoms with Gasteiger partial charge in [-0.3, -0.25) is 24.0 Å². The second-order valence-electron chi connectivity index (χ2n) is 7.95. The SMILES string of the molecule is CC(C)CC(NC(=O)C(N)C(C)O)C(=O)NC(CC(=O)O)C(=O)NC(CCC(=O)O)C(=O)O. The van der Waals surface area contributed by atoms with Crippen molar-refractivity contribution in [2.75, 3.05) is 0 Å². The first kappa shape index (κ1) is 29.7. The maximum Gasteiger partial charge on any atom is 0.326 e. The molecule has 0 saturated heterocycles. The van der Waals surface area contributed by atoms with Crippen molar-refractivity contribution in [1.29, 1.82) is 0 Å². The number of nitrogens with one attached hydrogen (secondary N) is 3. The highest BCUT2D eigenvalue weighted by molar-refractivity contribution is 5.95. The topological polar surface area (TPSA) is 245 Å². The van der Waals surface area contributed by atoms with Gasteiger partial charge in [-0.1, -0.05) is 13.8 Å². The summed E-state index contributed by atoms with van der Waals surface area (Å²) in [6.07, 6.45) is -3.07. The summed E-state index contributed by atoms with van der Waals surface area (Å²) in [5.41, 5.74) is 5.55. The van der Waals surface area contributed by atoms with Crippen molar-refractivity contribution in [1.82, 2.24) is 16.0 Å². The van der Waals surface area contributed by atoms with Gasteiger partial charge in [0, 0.05) is 6.42 Å². The molecule has 5 unspecified atom stereocenters. The summed E-state index contributed by atoms with van der Waals surface area (Å²) in [7, 11) is 0. The van der Waals surface area contributed by atoms with Crippen LogP contribution in [0.2, 0.25) is 0 Å². The molecule has 0 rings (SSSR count). The number of hydrogen-bond acceptors (Lipinski definition) is 8. The van der Waals surface area contributed by atoms with Crippen LogP contribution in [0.3, 0.4) is 0 Å². The van der Waals surface area contributed by atoms with Crippen LogP contribution in [0.15, 0.2) is 0 Å². The number of aliphatic carboxylic acids is 3. The van der Waals surface area contributed by atoms with Crippen LogP contribution in [-0.2, 0) is 28.8 Å². The number of amides is 3. The fourth-order valence-corrected chi connectivity index (χ4v) is 2.64. The summed E-state index contributed by atoms with van der Waals surface area (Å²) < 4.78 is 0. The van der Waals surface area contributed by atoms with Crippen LogP contribution in [0.4, 0.5) is 0 Å². The van der Waals surface area contributed by atoms with Crippen LogP contribution in [-0.4, -0.2) is 86.3 Å². The third-order valence-corrected chi connectivity index (χ3v) is 4.44. The maximum atomic E-state index is 12.7. The molecular formula is C19H32N4O10. The van der Waals surface area contributed by atoms with E-state index in [2.05, 4.69) is 10.6 Å². The van der Waals surface area contributed by atoms with E-state index < -0.39 is 85.2 Å². The van der Waals surface area contributed by atoms with Gasteiger partial charge in [0.25, 0.3) is 0 Å². The molecule has 0 aromatic heterocycles. The lowest BCUT2D eigenvalue weighted by Crippen LogP contribution is -2.58. The molecule has 3 amide bonds. The van der Waals surface area contributed by atoms with Crippen molar-refractivity contribution in [2.45, 2.75) is 76.7 Å². The Morgan fingerprint density at radius 2 is 1.24 bits per heavy atom. The minimum absolute atomic E-state index is 0.0852. The Kier molecular flexibility index (Phi) is 12.6. The maximum absolute atomic E-state index is 12.7. The Hall–Kier alpha value is -3.26. The van der Waals surface area contributed by atoms with E-state index in [1.807, 2.05) is 5.32 Å². The zero-order valence-corrected chi connectivity index (χ0v) is 18.6. The van der Waals surface area contributed by atoms with Gasteiger partial charge in [-0.05, 0) is 25.7 Å². The highest BCUT2D eigenvalue weighted by Crippen LogP contribution is 2.08. The van der Waals surface area contributed by atoms with Gasteiger partial charge in [-0.15, -0.1) is 0 Å². The molecule has 0 radical (unpaired) electrons. The minimum Gasteiger partial charge on any atom is -0.481 e. The Bertz CT molecular complexity index is 740. The molecule has 33 heavy (non-hydrogen) atoms. The molecule has 14 heteroatoms. The number of nitrogens with two attached hydrogens (primary N) is 1. The van der Waals surface area contributed by atoms with Crippen molar-refractivity contribution in [3.05, 3.63) is 0 Å². The molecule has 188 valence electrons. The Morgan fingerprint density at radius 3 is 1.67 bits per heavy atom. The van der Waals surface area contributed by atoms with Gasteiger partial charge in [-0.2, -0.15) is 0 Å². The molecule has 5 atom stereocenters. The number of carboxylic acid groups (broad SMARTS) is 3. The predicted octanol–water partition coefficient (Wildman–Crippen LogP) is -2.38. The summed E-state index contributed by atoms with van der Waals surface area (Å²) in [6, 6.07) is -5.90. The number of aliphatic hydroxyl groups excluding tert-OH is 1. The van der Waals surface area contributed by atoms with E-state index in [-0.39, 0.29) is 12.3 Å². The van der Waals surface area contributed by atoms with E-state index in [9.17, 15) is 39.0 Å². The second-order valence-corrected chi connectivity index (χ2v) is 7.95. The van der Waals surface area contributed by atoms with Gasteiger partial charge in [-0.25, -0.2) is 4.79 Å². The van der Waals surface area contributed by atoms with Crippen molar-refractivity contribution < 1.29 is 49.2 Å². The standard InChI is InChI=1S/C19H32N4O10/c1-8(2)6-11(23-18(31)15(20)9(3)24)16(29)22-12(7-14(27)28)17(30)21-10(19(32)33)4-5-13(25)26/h8-12,15,24H,4-7,20H2,1-3H3,(H,21,30)(H,22,29)(H,23,31)(H,25,26)(H,27,28)(H,32,33). The average Bonchev–Trinajstić information content (AvgIpc) is 2.67. The van der Waals surface area contributed by atoms with Crippen LogP contribution in [0, 0.1) is 5.92 Å². The molecular weight excluding hydrogens is 444 g/mol. The summed E-state index contributed by atoms with van der Waals surface area (Å²) >= 11 is 0. The molecule has 0 aliphatic heterocycles. The number of carbonyl (C=O) groups excluding carboxylic acids is 3. The highest BCUT2D eigenvalue weighted by atomic mass is 16.4. The molecule has 0 aliphatic carbocycles. The number of aliphatic hydroxyl groups is 1. The normalized spacial score (nSPS) is 15.5. The zero-order valence-electron chi connectivity index (χ0n) is 18.6. The van der Waals surface area contributed by atoms with Crippen LogP contribution < -0.4 is 21.7 Å². The average molecular weight is 476 g/mol. The lowest BCUT2D eigenvalue weighted by atomic mass is 10.0. The fourth-order valence-electron chi connectivity index (χ4n) is 2.64. The molecule has 0 aliphatic rings. The zero-order chi connectivity index (χ0) is 25.9. The van der Waals surface area contributed by atoms with Crippen LogP contribution in [0.25, 0.3) is 0 Å². The van der Waals surface area contributed by atoms with Gasteiger partial charge in [0.1, 0.15) is 24.2 Å². The first-order chi connectivity index (χ1) is 15.1. The molecule has 0 fully saturated rings. The number of hydrogen-bond donors (Lipinski definition) is 8. The minimum atomic E-state index is -1.71. The summed E-state index contributed by atoms with van der Waals surface area (Å²) in [4.78, 5) is 70.6. The Labute approximate surface area is 189 Å². The van der Waals surface area contributed by atoms with Crippen molar-refractivity contribution in [3.8, 4) is 0 Å². The quantitative estimate of drug-likeness (QED) is 0.124. The summed E-state index contributed by atoms with van der Waals surface area (Å²) in [5, 5.41) is 43.0. The second kappa shape index (κ2) is 14.0. The molecule has 0 aromatic carbocycles. The monoisotopic (exact) mass is 476 g/mol. The number of carbonyl (C=O) groups is 6. The van der Waals surface area contributed by atoms with Crippen LogP contribution >= 0.6 is 0 Å². The first-order valence-electron chi connectivity index (χ1n) is 10.2. The van der Waals surface area contributed by atoms with Gasteiger partial charge in [0.05, 0.1) is 12.5 Å². The predicted molar refractivity (Wildman–Crippen MR) is 112 cm³/mol. The molecule has 0 bridgehead atoms. The van der Waals surface area contributed by atoms with Gasteiger partial charge in [0.15, 0.2) is 0 Å². The van der Waals surface area contributed by atoms with Crippen LogP contribution in [0.1, 0.15) is 46.5 Å². The van der Waals surface area contributed by atoms with E-state index in [0.717, 1.165) is 0 Å². The Balaban J connectivity index is 5.54. The molecule has 14 nitrogen and oxygen atoms in total. The van der Waals surface area contributed by atoms with E-state index >= 15 is 0 Å². The lowest BCUT2D eigenvalue weighted by molar-refractivity contribution is -0.144. The van der Waals surface area contributed by atoms with E-state index in [4.69, 9.17) is 15.9 Å². The lowest BCUT2D eigenvalue weighted by Gasteiger charge is -2.25. The molecule has 0 heterocycles. The molecule has 9 N–H and O–H groups in total. The van der Waals surface area contributed by atoms with Gasteiger partial charge in [0.2, 0.25) is 17.7 Å². The largest absolute Gasteiger partial charge is 0.481 e. The van der Waals surface area contributed by atoms with Crippen molar-refractivity contribution in [2.24, 2.45) is 11.7 Å². The Morgan fingerprint density at radius 1 is 0.758 bits per heavy atom. The first-order valence-corrected chi connectivity index (χ1v) is 10.2. The van der Waals surface area contributed by atoms with Crippen molar-refractivity contribution >= 4 is 35.6 Å². The summed E-state index contributed by atoms with van der Waals surface area (Å²) in [5.74, 6) is -7.36. The van der Waals surface area contributed by atoms with Crippen molar-refractivity contribution in [3.63, 3.8) is 0 Å². The third-order valence-electron chi connectivity index (χ3n) is 4.44. The number of carboxylic acids is 3. The van der Waals surface area contributed by atoms with E-state index in [1.54, 1.807) is 13.8 Å². The number of rotatable bonds is 15. The molecule has 0 spiro atoms. The van der Waals surface area contributed by atoms with Crippen LogP contribution in [0.5, 0.6) is 0 Å². The van der Waals surface area contributed by atoms with E-state index in [0.29, 0.717) is 0 Å². The van der Waals surface area contributed by atoms with Gasteiger partial charge < -0.3 is 42.1 Å². The third kappa shape index (κ3) is 11.8. The molecule has 0 saturated carbocycles.